The molecule has 0 spiro atoms. The van der Waals surface area contributed by atoms with E-state index >= 15 is 4.39 Å². The van der Waals surface area contributed by atoms with Crippen LogP contribution in [0.1, 0.15) is 11.6 Å². The first-order valence-corrected chi connectivity index (χ1v) is 11.2. The van der Waals surface area contributed by atoms with Gasteiger partial charge in [0.25, 0.3) is 0 Å². The fourth-order valence-corrected chi connectivity index (χ4v) is 4.00. The minimum Gasteiger partial charge on any atom is -0.401 e. The molecule has 0 atom stereocenters. The Bertz CT molecular complexity index is 1220. The molecule has 0 radical (unpaired) electrons. The van der Waals surface area contributed by atoms with Crippen LogP contribution in [0.2, 0.25) is 0 Å². The number of halogens is 1. The number of rotatable bonds is 9. The molecule has 0 aliphatic carbocycles. The van der Waals surface area contributed by atoms with E-state index in [1.807, 2.05) is 11.9 Å². The maximum absolute atomic E-state index is 15.2. The smallest absolute Gasteiger partial charge is 0.401 e. The Kier molecular flexibility index (Phi) is 7.54. The van der Waals surface area contributed by atoms with E-state index in [1.54, 1.807) is 11.0 Å². The molecule has 12 heteroatoms. The fraction of sp³-hybridized carbons (Fsp3) is 0.391. The molecular weight excluding hydrogens is 459 g/mol. The van der Waals surface area contributed by atoms with E-state index in [0.717, 1.165) is 13.1 Å². The Hall–Kier alpha value is -3.61. The van der Waals surface area contributed by atoms with Crippen molar-refractivity contribution in [3.05, 3.63) is 51.8 Å². The predicted molar refractivity (Wildman–Crippen MR) is 130 cm³/mol. The maximum atomic E-state index is 15.2. The largest absolute Gasteiger partial charge is 0.433 e. The zero-order chi connectivity index (χ0) is 24.9. The van der Waals surface area contributed by atoms with E-state index in [4.69, 9.17) is 4.42 Å². The number of nitrogens with zero attached hydrogens (tertiary/aromatic N) is 6. The number of benzene rings is 1. The first-order chi connectivity index (χ1) is 16.9. The molecule has 0 bridgehead atoms. The molecule has 0 unspecified atom stereocenters. The number of piperazine rings is 1. The molecule has 0 amide bonds. The summed E-state index contributed by atoms with van der Waals surface area (Å²) in [7, 11) is 2.03. The lowest BCUT2D eigenvalue weighted by Crippen LogP contribution is -2.44. The second kappa shape index (κ2) is 10.8. The SMILES string of the molecule is CN1CCN(c2cc3c(N(CCO)CCO)nc(/C=C/c4ccc([N+](=O)[O-])o4)nc3cc2F)CC1. The van der Waals surface area contributed by atoms with Crippen LogP contribution in [-0.4, -0.2) is 89.5 Å². The predicted octanol–water partition coefficient (Wildman–Crippen LogP) is 1.98. The van der Waals surface area contributed by atoms with E-state index in [2.05, 4.69) is 14.9 Å². The van der Waals surface area contributed by atoms with Gasteiger partial charge in [0.15, 0.2) is 5.82 Å². The van der Waals surface area contributed by atoms with E-state index in [1.165, 1.54) is 30.4 Å². The lowest BCUT2D eigenvalue weighted by atomic mass is 10.1. The van der Waals surface area contributed by atoms with Crippen molar-refractivity contribution in [3.8, 4) is 0 Å². The molecule has 35 heavy (non-hydrogen) atoms. The number of aromatic nitrogens is 2. The lowest BCUT2D eigenvalue weighted by molar-refractivity contribution is -0.402. The zero-order valence-electron chi connectivity index (χ0n) is 19.3. The summed E-state index contributed by atoms with van der Waals surface area (Å²) in [6.45, 7) is 3.08. The highest BCUT2D eigenvalue weighted by molar-refractivity contribution is 5.93. The van der Waals surface area contributed by atoms with Gasteiger partial charge in [-0.1, -0.05) is 0 Å². The number of fused-ring (bicyclic) bond motifs is 1. The number of hydrogen-bond acceptors (Lipinski definition) is 10. The second-order valence-electron chi connectivity index (χ2n) is 8.22. The van der Waals surface area contributed by atoms with Crippen LogP contribution in [0, 0.1) is 15.9 Å². The molecule has 2 aromatic heterocycles. The molecular formula is C23H27FN6O5. The molecule has 1 aliphatic heterocycles. The summed E-state index contributed by atoms with van der Waals surface area (Å²) in [4.78, 5) is 25.2. The fourth-order valence-electron chi connectivity index (χ4n) is 4.00. The Morgan fingerprint density at radius 2 is 1.86 bits per heavy atom. The summed E-state index contributed by atoms with van der Waals surface area (Å²) >= 11 is 0. The number of aliphatic hydroxyl groups excluding tert-OH is 2. The van der Waals surface area contributed by atoms with Gasteiger partial charge in [-0.2, -0.15) is 0 Å². The molecule has 3 aromatic rings. The minimum absolute atomic E-state index is 0.167. The van der Waals surface area contributed by atoms with Crippen molar-refractivity contribution in [2.45, 2.75) is 0 Å². The van der Waals surface area contributed by atoms with E-state index in [9.17, 15) is 20.3 Å². The molecule has 1 aliphatic rings. The van der Waals surface area contributed by atoms with Gasteiger partial charge in [0.05, 0.1) is 30.5 Å². The van der Waals surface area contributed by atoms with Crippen LogP contribution in [-0.2, 0) is 0 Å². The molecule has 1 fully saturated rings. The van der Waals surface area contributed by atoms with Gasteiger partial charge in [-0.15, -0.1) is 0 Å². The molecule has 1 aromatic carbocycles. The number of furan rings is 1. The van der Waals surface area contributed by atoms with Crippen molar-refractivity contribution in [3.63, 3.8) is 0 Å². The van der Waals surface area contributed by atoms with Gasteiger partial charge in [-0.3, -0.25) is 10.1 Å². The summed E-state index contributed by atoms with van der Waals surface area (Å²) in [6.07, 6.45) is 2.99. The van der Waals surface area contributed by atoms with Gasteiger partial charge in [0, 0.05) is 50.7 Å². The minimum atomic E-state index is -0.635. The highest BCUT2D eigenvalue weighted by Gasteiger charge is 2.21. The molecule has 1 saturated heterocycles. The highest BCUT2D eigenvalue weighted by Crippen LogP contribution is 2.32. The van der Waals surface area contributed by atoms with Crippen molar-refractivity contribution < 1.29 is 23.9 Å². The van der Waals surface area contributed by atoms with Crippen LogP contribution in [0.5, 0.6) is 0 Å². The molecule has 2 N–H and O–H groups in total. The zero-order valence-corrected chi connectivity index (χ0v) is 19.3. The van der Waals surface area contributed by atoms with E-state index in [-0.39, 0.29) is 43.8 Å². The summed E-state index contributed by atoms with van der Waals surface area (Å²) in [5.41, 5.74) is 0.811. The normalized spacial score (nSPS) is 14.8. The van der Waals surface area contributed by atoms with Crippen molar-refractivity contribution in [1.29, 1.82) is 0 Å². The van der Waals surface area contributed by atoms with Crippen molar-refractivity contribution in [2.24, 2.45) is 0 Å². The average molecular weight is 487 g/mol. The van der Waals surface area contributed by atoms with Gasteiger partial charge in [-0.05, 0) is 31.3 Å². The Morgan fingerprint density at radius 3 is 2.49 bits per heavy atom. The standard InChI is InChI=1S/C23H27FN6O5/c1-27-6-8-28(9-7-27)20-14-17-19(15-18(20)24)25-21(26-23(17)29(10-12-31)11-13-32)4-2-16-3-5-22(35-16)30(33)34/h2-5,14-15,31-32H,6-13H2,1H3/b4-2+. The van der Waals surface area contributed by atoms with Crippen molar-refractivity contribution >= 4 is 40.4 Å². The van der Waals surface area contributed by atoms with Crippen LogP contribution in [0.25, 0.3) is 23.1 Å². The highest BCUT2D eigenvalue weighted by atomic mass is 19.1. The monoisotopic (exact) mass is 486 g/mol. The van der Waals surface area contributed by atoms with Gasteiger partial charge in [-0.25, -0.2) is 14.4 Å². The number of likely N-dealkylation sites (N-methyl/N-ethyl adjacent to an activating group) is 1. The summed E-state index contributed by atoms with van der Waals surface area (Å²) in [5.74, 6) is 0.110. The average Bonchev–Trinajstić information content (AvgIpc) is 3.32. The molecule has 11 nitrogen and oxygen atoms in total. The van der Waals surface area contributed by atoms with Gasteiger partial charge in [0.1, 0.15) is 22.3 Å². The van der Waals surface area contributed by atoms with Gasteiger partial charge >= 0.3 is 5.88 Å². The lowest BCUT2D eigenvalue weighted by Gasteiger charge is -2.34. The number of anilines is 2. The number of nitro groups is 1. The first kappa shape index (κ1) is 24.5. The van der Waals surface area contributed by atoms with Crippen molar-refractivity contribution in [2.75, 3.05) is 69.3 Å². The quantitative estimate of drug-likeness (QED) is 0.342. The third-order valence-corrected chi connectivity index (χ3v) is 5.83. The summed E-state index contributed by atoms with van der Waals surface area (Å²) < 4.78 is 20.3. The number of hydrogen-bond donors (Lipinski definition) is 2. The van der Waals surface area contributed by atoms with Crippen LogP contribution in [0.4, 0.5) is 21.8 Å². The topological polar surface area (TPSA) is 132 Å². The summed E-state index contributed by atoms with van der Waals surface area (Å²) in [5, 5.41) is 30.6. The third-order valence-electron chi connectivity index (χ3n) is 5.83. The van der Waals surface area contributed by atoms with Gasteiger partial charge in [0.2, 0.25) is 0 Å². The van der Waals surface area contributed by atoms with Crippen LogP contribution < -0.4 is 9.80 Å². The Labute approximate surface area is 200 Å². The van der Waals surface area contributed by atoms with E-state index in [0.29, 0.717) is 35.5 Å². The third kappa shape index (κ3) is 5.56. The summed E-state index contributed by atoms with van der Waals surface area (Å²) in [6, 6.07) is 5.77. The van der Waals surface area contributed by atoms with Crippen LogP contribution in [0.15, 0.2) is 28.7 Å². The molecule has 186 valence electrons. The Morgan fingerprint density at radius 1 is 1.14 bits per heavy atom. The van der Waals surface area contributed by atoms with E-state index < -0.39 is 10.7 Å². The van der Waals surface area contributed by atoms with Crippen LogP contribution in [0.3, 0.4) is 0 Å². The maximum Gasteiger partial charge on any atom is 0.433 e. The first-order valence-electron chi connectivity index (χ1n) is 11.2. The molecule has 0 saturated carbocycles. The number of aliphatic hydroxyl groups is 2. The second-order valence-corrected chi connectivity index (χ2v) is 8.22. The van der Waals surface area contributed by atoms with Crippen LogP contribution >= 0.6 is 0 Å². The molecule has 3 heterocycles. The van der Waals surface area contributed by atoms with Crippen molar-refractivity contribution in [1.82, 2.24) is 14.9 Å². The Balaban J connectivity index is 1.78. The molecule has 4 rings (SSSR count). The van der Waals surface area contributed by atoms with Gasteiger partial charge < -0.3 is 29.3 Å².